The van der Waals surface area contributed by atoms with E-state index >= 15 is 0 Å². The third-order valence-electron chi connectivity index (χ3n) is 3.68. The first-order chi connectivity index (χ1) is 7.48. The largest absolute Gasteiger partial charge is 0.361 e. The van der Waals surface area contributed by atoms with Crippen LogP contribution in [0.5, 0.6) is 0 Å². The SMILES string of the molecule is CC(Cc1c[nH]c2ccccc12)C(C)(C)C. The highest BCUT2D eigenvalue weighted by atomic mass is 14.7. The lowest BCUT2D eigenvalue weighted by atomic mass is 9.78. The van der Waals surface area contributed by atoms with Crippen LogP contribution >= 0.6 is 0 Å². The molecule has 0 amide bonds. The zero-order valence-electron chi connectivity index (χ0n) is 10.7. The number of hydrogen-bond acceptors (Lipinski definition) is 0. The zero-order chi connectivity index (χ0) is 11.8. The molecular weight excluding hydrogens is 194 g/mol. The second kappa shape index (κ2) is 3.97. The van der Waals surface area contributed by atoms with Crippen LogP contribution in [0.25, 0.3) is 10.9 Å². The Hall–Kier alpha value is -1.24. The number of H-pyrrole nitrogens is 1. The molecule has 0 saturated carbocycles. The summed E-state index contributed by atoms with van der Waals surface area (Å²) in [6.07, 6.45) is 3.31. The van der Waals surface area contributed by atoms with Crippen molar-refractivity contribution in [3.63, 3.8) is 0 Å². The average molecular weight is 215 g/mol. The number of benzene rings is 1. The summed E-state index contributed by atoms with van der Waals surface area (Å²) in [6, 6.07) is 8.54. The van der Waals surface area contributed by atoms with Crippen molar-refractivity contribution in [3.05, 3.63) is 36.0 Å². The molecular formula is C15H21N. The van der Waals surface area contributed by atoms with Gasteiger partial charge in [0, 0.05) is 17.1 Å². The van der Waals surface area contributed by atoms with Crippen molar-refractivity contribution >= 4 is 10.9 Å². The van der Waals surface area contributed by atoms with E-state index in [4.69, 9.17) is 0 Å². The quantitative estimate of drug-likeness (QED) is 0.764. The van der Waals surface area contributed by atoms with Gasteiger partial charge in [0.15, 0.2) is 0 Å². The maximum absolute atomic E-state index is 3.34. The molecule has 0 fully saturated rings. The molecule has 1 aromatic carbocycles. The molecule has 1 heteroatoms. The second-order valence-corrected chi connectivity index (χ2v) is 5.83. The Kier molecular flexibility index (Phi) is 2.79. The van der Waals surface area contributed by atoms with Gasteiger partial charge in [-0.2, -0.15) is 0 Å². The fourth-order valence-corrected chi connectivity index (χ4v) is 1.94. The van der Waals surface area contributed by atoms with Crippen molar-refractivity contribution in [2.24, 2.45) is 11.3 Å². The minimum Gasteiger partial charge on any atom is -0.361 e. The van der Waals surface area contributed by atoms with Crippen LogP contribution in [-0.4, -0.2) is 4.98 Å². The standard InChI is InChI=1S/C15H21N/c1-11(15(2,3)4)9-12-10-16-14-8-6-5-7-13(12)14/h5-8,10-11,16H,9H2,1-4H3. The summed E-state index contributed by atoms with van der Waals surface area (Å²) in [7, 11) is 0. The minimum absolute atomic E-state index is 0.373. The van der Waals surface area contributed by atoms with Crippen LogP contribution < -0.4 is 0 Å². The highest BCUT2D eigenvalue weighted by molar-refractivity contribution is 5.83. The van der Waals surface area contributed by atoms with Crippen LogP contribution in [0.1, 0.15) is 33.3 Å². The van der Waals surface area contributed by atoms with E-state index in [1.54, 1.807) is 0 Å². The first-order valence-electron chi connectivity index (χ1n) is 6.03. The van der Waals surface area contributed by atoms with Gasteiger partial charge in [0.2, 0.25) is 0 Å². The molecule has 1 heterocycles. The normalized spacial score (nSPS) is 14.2. The zero-order valence-corrected chi connectivity index (χ0v) is 10.7. The van der Waals surface area contributed by atoms with Crippen molar-refractivity contribution in [1.82, 2.24) is 4.98 Å². The first-order valence-corrected chi connectivity index (χ1v) is 6.03. The molecule has 0 aliphatic rings. The predicted molar refractivity (Wildman–Crippen MR) is 70.6 cm³/mol. The summed E-state index contributed by atoms with van der Waals surface area (Å²) in [5, 5.41) is 1.37. The van der Waals surface area contributed by atoms with Gasteiger partial charge in [-0.25, -0.2) is 0 Å². The minimum atomic E-state index is 0.373. The Morgan fingerprint density at radius 1 is 1.19 bits per heavy atom. The van der Waals surface area contributed by atoms with E-state index in [9.17, 15) is 0 Å². The van der Waals surface area contributed by atoms with Gasteiger partial charge in [0.25, 0.3) is 0 Å². The molecule has 1 atom stereocenters. The van der Waals surface area contributed by atoms with Crippen molar-refractivity contribution < 1.29 is 0 Å². The highest BCUT2D eigenvalue weighted by Gasteiger charge is 2.21. The fourth-order valence-electron chi connectivity index (χ4n) is 1.94. The van der Waals surface area contributed by atoms with E-state index in [0.717, 1.165) is 6.42 Å². The van der Waals surface area contributed by atoms with Gasteiger partial charge >= 0.3 is 0 Å². The lowest BCUT2D eigenvalue weighted by Gasteiger charge is -2.27. The number of nitrogens with one attached hydrogen (secondary N) is 1. The summed E-state index contributed by atoms with van der Waals surface area (Å²) < 4.78 is 0. The molecule has 0 aliphatic carbocycles. The Morgan fingerprint density at radius 3 is 2.56 bits per heavy atom. The van der Waals surface area contributed by atoms with Crippen LogP contribution in [0.2, 0.25) is 0 Å². The van der Waals surface area contributed by atoms with Gasteiger partial charge in [-0.15, -0.1) is 0 Å². The third-order valence-corrected chi connectivity index (χ3v) is 3.68. The van der Waals surface area contributed by atoms with Crippen LogP contribution in [0.4, 0.5) is 0 Å². The molecule has 0 saturated heterocycles. The predicted octanol–water partition coefficient (Wildman–Crippen LogP) is 4.39. The molecule has 0 radical (unpaired) electrons. The number of para-hydroxylation sites is 1. The number of aromatic amines is 1. The van der Waals surface area contributed by atoms with Gasteiger partial charge in [-0.3, -0.25) is 0 Å². The number of fused-ring (bicyclic) bond motifs is 1. The van der Waals surface area contributed by atoms with Gasteiger partial charge < -0.3 is 4.98 Å². The lowest BCUT2D eigenvalue weighted by Crippen LogP contribution is -2.19. The van der Waals surface area contributed by atoms with E-state index in [2.05, 4.69) is 63.1 Å². The first kappa shape index (κ1) is 11.3. The Labute approximate surface area is 97.9 Å². The summed E-state index contributed by atoms with van der Waals surface area (Å²) >= 11 is 0. The number of aromatic nitrogens is 1. The van der Waals surface area contributed by atoms with Crippen LogP contribution in [0, 0.1) is 11.3 Å². The van der Waals surface area contributed by atoms with Crippen molar-refractivity contribution in [2.45, 2.75) is 34.1 Å². The van der Waals surface area contributed by atoms with Crippen LogP contribution in [0.3, 0.4) is 0 Å². The molecule has 86 valence electrons. The van der Waals surface area contributed by atoms with E-state index in [1.807, 2.05) is 0 Å². The van der Waals surface area contributed by atoms with Gasteiger partial charge in [0.1, 0.15) is 0 Å². The van der Waals surface area contributed by atoms with E-state index < -0.39 is 0 Å². The Bertz CT molecular complexity index is 473. The van der Waals surface area contributed by atoms with E-state index in [0.29, 0.717) is 11.3 Å². The molecule has 1 aromatic heterocycles. The maximum atomic E-state index is 3.34. The highest BCUT2D eigenvalue weighted by Crippen LogP contribution is 2.30. The lowest BCUT2D eigenvalue weighted by molar-refractivity contribution is 0.260. The van der Waals surface area contributed by atoms with Gasteiger partial charge in [0.05, 0.1) is 0 Å². The Balaban J connectivity index is 2.28. The summed E-state index contributed by atoms with van der Waals surface area (Å²) in [6.45, 7) is 9.27. The molecule has 1 unspecified atom stereocenters. The molecule has 0 bridgehead atoms. The molecule has 1 N–H and O–H groups in total. The summed E-state index contributed by atoms with van der Waals surface area (Å²) in [4.78, 5) is 3.34. The molecule has 16 heavy (non-hydrogen) atoms. The fraction of sp³-hybridized carbons (Fsp3) is 0.467. The molecule has 0 spiro atoms. The summed E-state index contributed by atoms with van der Waals surface area (Å²) in [5.41, 5.74) is 3.06. The van der Waals surface area contributed by atoms with Gasteiger partial charge in [-0.05, 0) is 29.4 Å². The average Bonchev–Trinajstić information content (AvgIpc) is 2.61. The van der Waals surface area contributed by atoms with Crippen LogP contribution in [-0.2, 0) is 6.42 Å². The number of hydrogen-bond donors (Lipinski definition) is 1. The molecule has 1 nitrogen and oxygen atoms in total. The monoisotopic (exact) mass is 215 g/mol. The molecule has 0 aliphatic heterocycles. The van der Waals surface area contributed by atoms with Crippen molar-refractivity contribution in [3.8, 4) is 0 Å². The topological polar surface area (TPSA) is 15.8 Å². The second-order valence-electron chi connectivity index (χ2n) is 5.83. The number of rotatable bonds is 2. The third kappa shape index (κ3) is 2.13. The molecule has 2 rings (SSSR count). The van der Waals surface area contributed by atoms with Crippen molar-refractivity contribution in [1.29, 1.82) is 0 Å². The maximum Gasteiger partial charge on any atom is 0.0456 e. The van der Waals surface area contributed by atoms with E-state index in [1.165, 1.54) is 16.5 Å². The van der Waals surface area contributed by atoms with E-state index in [-0.39, 0.29) is 0 Å². The van der Waals surface area contributed by atoms with Crippen LogP contribution in [0.15, 0.2) is 30.5 Å². The smallest absolute Gasteiger partial charge is 0.0456 e. The summed E-state index contributed by atoms with van der Waals surface area (Å²) in [5.74, 6) is 0.687. The molecule has 2 aromatic rings. The Morgan fingerprint density at radius 2 is 1.88 bits per heavy atom. The van der Waals surface area contributed by atoms with Gasteiger partial charge in [-0.1, -0.05) is 45.9 Å². The van der Waals surface area contributed by atoms with Crippen molar-refractivity contribution in [2.75, 3.05) is 0 Å².